The van der Waals surface area contributed by atoms with Gasteiger partial charge in [0.25, 0.3) is 0 Å². The fraction of sp³-hybridized carbons (Fsp3) is 0.333. The summed E-state index contributed by atoms with van der Waals surface area (Å²) in [6.45, 7) is 5.85. The van der Waals surface area contributed by atoms with Crippen LogP contribution in [0, 0.1) is 5.82 Å². The van der Waals surface area contributed by atoms with Crippen LogP contribution in [0.1, 0.15) is 30.4 Å². The molecule has 3 N–H and O–H groups in total. The first-order chi connectivity index (χ1) is 16.5. The van der Waals surface area contributed by atoms with Gasteiger partial charge in [0.2, 0.25) is 17.8 Å². The Kier molecular flexibility index (Phi) is 6.22. The fourth-order valence-corrected chi connectivity index (χ4v) is 4.11. The van der Waals surface area contributed by atoms with E-state index < -0.39 is 0 Å². The molecule has 0 unspecified atom stereocenters. The number of rotatable bonds is 7. The number of ether oxygens (including phenoxy) is 1. The zero-order chi connectivity index (χ0) is 23.5. The van der Waals surface area contributed by atoms with Gasteiger partial charge in [0.1, 0.15) is 5.82 Å². The molecule has 176 valence electrons. The molecule has 2 saturated heterocycles. The van der Waals surface area contributed by atoms with Crippen LogP contribution in [-0.4, -0.2) is 51.3 Å². The molecular weight excluding hydrogens is 437 g/mol. The maximum absolute atomic E-state index is 13.5. The molecule has 1 amide bonds. The van der Waals surface area contributed by atoms with E-state index in [0.29, 0.717) is 49.4 Å². The second-order valence-electron chi connectivity index (χ2n) is 8.42. The van der Waals surface area contributed by atoms with Gasteiger partial charge < -0.3 is 20.7 Å². The van der Waals surface area contributed by atoms with E-state index in [2.05, 4.69) is 32.6 Å². The molecule has 4 heterocycles. The van der Waals surface area contributed by atoms with Gasteiger partial charge in [0, 0.05) is 37.1 Å². The van der Waals surface area contributed by atoms with Crippen LogP contribution >= 0.6 is 0 Å². The number of nitrogens with one attached hydrogen (secondary N) is 3. The molecule has 0 atom stereocenters. The Labute approximate surface area is 196 Å². The van der Waals surface area contributed by atoms with Gasteiger partial charge >= 0.3 is 0 Å². The monoisotopic (exact) mass is 463 g/mol. The summed E-state index contributed by atoms with van der Waals surface area (Å²) in [6.07, 6.45) is 6.22. The van der Waals surface area contributed by atoms with Gasteiger partial charge in [-0.1, -0.05) is 18.7 Å². The average molecular weight is 464 g/mol. The Morgan fingerprint density at radius 3 is 2.91 bits per heavy atom. The van der Waals surface area contributed by atoms with E-state index in [4.69, 9.17) is 9.72 Å². The summed E-state index contributed by atoms with van der Waals surface area (Å²) in [5.41, 5.74) is 3.65. The molecule has 0 saturated carbocycles. The van der Waals surface area contributed by atoms with Gasteiger partial charge in [-0.05, 0) is 48.6 Å². The van der Waals surface area contributed by atoms with Crippen LogP contribution in [-0.2, 0) is 16.0 Å². The Balaban J connectivity index is 1.44. The van der Waals surface area contributed by atoms with Gasteiger partial charge in [-0.2, -0.15) is 19.6 Å². The van der Waals surface area contributed by atoms with Gasteiger partial charge in [-0.15, -0.1) is 0 Å². The number of nitrogens with zero attached hydrogens (tertiary/aromatic N) is 4. The minimum atomic E-state index is -0.254. The van der Waals surface area contributed by atoms with Crippen LogP contribution in [0.25, 0.3) is 11.7 Å². The number of amides is 1. The summed E-state index contributed by atoms with van der Waals surface area (Å²) in [6, 6.07) is 6.77. The van der Waals surface area contributed by atoms with Gasteiger partial charge in [0.15, 0.2) is 5.65 Å². The Bertz CT molecular complexity index is 1260. The molecule has 10 heteroatoms. The van der Waals surface area contributed by atoms with E-state index >= 15 is 0 Å². The second kappa shape index (κ2) is 9.60. The molecule has 9 nitrogen and oxygen atoms in total. The minimum Gasteiger partial charge on any atom is -0.381 e. The van der Waals surface area contributed by atoms with E-state index in [9.17, 15) is 9.18 Å². The summed E-state index contributed by atoms with van der Waals surface area (Å²) in [5, 5.41) is 13.9. The number of halogens is 1. The Morgan fingerprint density at radius 1 is 1.29 bits per heavy atom. The van der Waals surface area contributed by atoms with Crippen molar-refractivity contribution in [1.29, 1.82) is 0 Å². The topological polar surface area (TPSA) is 105 Å². The number of fused-ring (bicyclic) bond motifs is 1. The molecule has 2 aliphatic rings. The molecule has 2 aromatic heterocycles. The molecule has 34 heavy (non-hydrogen) atoms. The summed E-state index contributed by atoms with van der Waals surface area (Å²) in [5.74, 6) is 0.687. The van der Waals surface area contributed by atoms with E-state index in [1.807, 2.05) is 12.1 Å². The standard InChI is InChI=1S/C24H26FN7O2/c1-15-17(13-21(33)28-15)12-18-14-27-32-22(18)30-23(29-20-6-9-34-10-7-20)31-24(32)26-8-5-16-3-2-4-19(25)11-16/h2-4,11-12,14,20H,1,5-10,13H2,(H,28,33)(H2,26,29,30,31)/b17-12+. The highest BCUT2D eigenvalue weighted by Gasteiger charge is 2.21. The van der Waals surface area contributed by atoms with Crippen LogP contribution in [0.15, 0.2) is 48.3 Å². The number of carbonyl (C=O) groups is 1. The third-order valence-corrected chi connectivity index (χ3v) is 5.89. The van der Waals surface area contributed by atoms with Crippen molar-refractivity contribution in [2.45, 2.75) is 31.7 Å². The number of aromatic nitrogens is 4. The molecule has 2 aliphatic heterocycles. The summed E-state index contributed by atoms with van der Waals surface area (Å²) < 4.78 is 20.6. The predicted molar refractivity (Wildman–Crippen MR) is 127 cm³/mol. The molecule has 2 fully saturated rings. The molecule has 5 rings (SSSR count). The third-order valence-electron chi connectivity index (χ3n) is 5.89. The van der Waals surface area contributed by atoms with Crippen LogP contribution in [0.5, 0.6) is 0 Å². The Hall–Kier alpha value is -3.79. The maximum atomic E-state index is 13.5. The zero-order valence-electron chi connectivity index (χ0n) is 18.7. The second-order valence-corrected chi connectivity index (χ2v) is 8.42. The lowest BCUT2D eigenvalue weighted by molar-refractivity contribution is -0.118. The van der Waals surface area contributed by atoms with E-state index in [-0.39, 0.29) is 24.2 Å². The number of hydrogen-bond donors (Lipinski definition) is 3. The summed E-state index contributed by atoms with van der Waals surface area (Å²) >= 11 is 0. The smallest absolute Gasteiger partial charge is 0.229 e. The lowest BCUT2D eigenvalue weighted by Crippen LogP contribution is -2.29. The first-order valence-electron chi connectivity index (χ1n) is 11.3. The quantitative estimate of drug-likeness (QED) is 0.495. The fourth-order valence-electron chi connectivity index (χ4n) is 4.11. The Morgan fingerprint density at radius 2 is 2.15 bits per heavy atom. The summed E-state index contributed by atoms with van der Waals surface area (Å²) in [4.78, 5) is 21.1. The van der Waals surface area contributed by atoms with E-state index in [0.717, 1.165) is 29.5 Å². The number of allylic oxidation sites excluding steroid dienone is 1. The van der Waals surface area contributed by atoms with Gasteiger partial charge in [0.05, 0.1) is 12.6 Å². The molecule has 3 aromatic rings. The normalized spacial score (nSPS) is 18.0. The van der Waals surface area contributed by atoms with E-state index in [1.54, 1.807) is 16.8 Å². The van der Waals surface area contributed by atoms with Crippen molar-refractivity contribution in [1.82, 2.24) is 24.9 Å². The lowest BCUT2D eigenvalue weighted by atomic mass is 10.1. The first-order valence-corrected chi connectivity index (χ1v) is 11.3. The average Bonchev–Trinajstić information content (AvgIpc) is 3.36. The maximum Gasteiger partial charge on any atom is 0.229 e. The van der Waals surface area contributed by atoms with Crippen molar-refractivity contribution in [2.24, 2.45) is 0 Å². The van der Waals surface area contributed by atoms with Crippen molar-refractivity contribution in [3.8, 4) is 0 Å². The van der Waals surface area contributed by atoms with Crippen molar-refractivity contribution < 1.29 is 13.9 Å². The SMILES string of the molecule is C=C1NC(=O)C/C1=C\c1cnn2c(NCCc3cccc(F)c3)nc(NC3CCOCC3)nc12. The molecule has 0 bridgehead atoms. The highest BCUT2D eigenvalue weighted by Crippen LogP contribution is 2.24. The van der Waals surface area contributed by atoms with Gasteiger partial charge in [-0.3, -0.25) is 4.79 Å². The lowest BCUT2D eigenvalue weighted by Gasteiger charge is -2.23. The number of carbonyl (C=O) groups excluding carboxylic acids is 1. The third kappa shape index (κ3) is 4.91. The molecule has 1 aromatic carbocycles. The highest BCUT2D eigenvalue weighted by molar-refractivity contribution is 5.89. The number of benzene rings is 1. The van der Waals surface area contributed by atoms with Gasteiger partial charge in [-0.25, -0.2) is 4.39 Å². The zero-order valence-corrected chi connectivity index (χ0v) is 18.7. The van der Waals surface area contributed by atoms with Crippen molar-refractivity contribution in [3.05, 3.63) is 65.3 Å². The molecule has 0 radical (unpaired) electrons. The largest absolute Gasteiger partial charge is 0.381 e. The van der Waals surface area contributed by atoms with Crippen LogP contribution in [0.2, 0.25) is 0 Å². The minimum absolute atomic E-state index is 0.0797. The molecule has 0 spiro atoms. The highest BCUT2D eigenvalue weighted by atomic mass is 19.1. The van der Waals surface area contributed by atoms with Crippen molar-refractivity contribution in [3.63, 3.8) is 0 Å². The first kappa shape index (κ1) is 22.0. The van der Waals surface area contributed by atoms with Crippen molar-refractivity contribution in [2.75, 3.05) is 30.4 Å². The summed E-state index contributed by atoms with van der Waals surface area (Å²) in [7, 11) is 0. The number of hydrogen-bond acceptors (Lipinski definition) is 7. The van der Waals surface area contributed by atoms with E-state index in [1.165, 1.54) is 12.1 Å². The predicted octanol–water partition coefficient (Wildman–Crippen LogP) is 2.93. The van der Waals surface area contributed by atoms with Crippen molar-refractivity contribution >= 4 is 29.5 Å². The van der Waals surface area contributed by atoms with Crippen LogP contribution in [0.3, 0.4) is 0 Å². The molecular formula is C24H26FN7O2. The van der Waals surface area contributed by atoms with Crippen LogP contribution < -0.4 is 16.0 Å². The molecule has 0 aliphatic carbocycles. The number of anilines is 2. The van der Waals surface area contributed by atoms with Crippen LogP contribution in [0.4, 0.5) is 16.3 Å².